The summed E-state index contributed by atoms with van der Waals surface area (Å²) in [6.45, 7) is 0. The van der Waals surface area contributed by atoms with Crippen LogP contribution in [0, 0.1) is 0 Å². The first-order valence-corrected chi connectivity index (χ1v) is 7.85. The molecule has 0 radical (unpaired) electrons. The lowest BCUT2D eigenvalue weighted by molar-refractivity contribution is -0.671. The largest absolute Gasteiger partial charge is 0.208 e. The molecule has 0 aliphatic rings. The molecule has 1 heteroatoms. The molecule has 4 rings (SSSR count). The predicted molar refractivity (Wildman–Crippen MR) is 98.0 cm³/mol. The molecule has 1 heterocycles. The molecule has 1 aromatic heterocycles. The quantitative estimate of drug-likeness (QED) is 0.362. The van der Waals surface area contributed by atoms with E-state index in [-0.39, 0.29) is 0 Å². The van der Waals surface area contributed by atoms with Crippen LogP contribution in [0.3, 0.4) is 0 Å². The van der Waals surface area contributed by atoms with Crippen molar-refractivity contribution in [1.82, 2.24) is 0 Å². The molecule has 3 aromatic carbocycles. The lowest BCUT2D eigenvalue weighted by atomic mass is 9.96. The summed E-state index contributed by atoms with van der Waals surface area (Å²) in [5, 5.41) is 5.16. The zero-order chi connectivity index (χ0) is 15.6. The van der Waals surface area contributed by atoms with Gasteiger partial charge in [0, 0.05) is 12.1 Å². The highest BCUT2D eigenvalue weighted by Crippen LogP contribution is 2.29. The van der Waals surface area contributed by atoms with Crippen molar-refractivity contribution in [3.05, 3.63) is 90.3 Å². The molecule has 0 saturated carbocycles. The third-order valence-corrected chi connectivity index (χ3v) is 4.26. The van der Waals surface area contributed by atoms with Crippen molar-refractivity contribution < 1.29 is 4.57 Å². The molecule has 1 nitrogen and oxygen atoms in total. The van der Waals surface area contributed by atoms with Crippen molar-refractivity contribution in [2.24, 2.45) is 7.05 Å². The van der Waals surface area contributed by atoms with Gasteiger partial charge in [-0.25, -0.2) is 4.57 Å². The number of hydrogen-bond acceptors (Lipinski definition) is 0. The maximum absolute atomic E-state index is 2.27. The van der Waals surface area contributed by atoms with E-state index >= 15 is 0 Å². The topological polar surface area (TPSA) is 3.88 Å². The minimum atomic E-state index is 1.21. The molecule has 4 aromatic rings. The Kier molecular flexibility index (Phi) is 3.39. The number of rotatable bonds is 2. The van der Waals surface area contributed by atoms with Gasteiger partial charge in [-0.05, 0) is 38.7 Å². The molecule has 110 valence electrons. The molecule has 23 heavy (non-hydrogen) atoms. The van der Waals surface area contributed by atoms with Crippen LogP contribution in [-0.4, -0.2) is 0 Å². The average Bonchev–Trinajstić information content (AvgIpc) is 2.60. The summed E-state index contributed by atoms with van der Waals surface area (Å²) in [7, 11) is 2.03. The summed E-state index contributed by atoms with van der Waals surface area (Å²) in [5.41, 5.74) is 2.49. The monoisotopic (exact) mass is 296 g/mol. The van der Waals surface area contributed by atoms with E-state index in [4.69, 9.17) is 0 Å². The van der Waals surface area contributed by atoms with Crippen LogP contribution in [0.25, 0.3) is 33.7 Å². The zero-order valence-electron chi connectivity index (χ0n) is 13.1. The Balaban J connectivity index is 1.93. The molecule has 0 aliphatic heterocycles. The number of benzene rings is 3. The van der Waals surface area contributed by atoms with Crippen LogP contribution in [0.5, 0.6) is 0 Å². The number of fused-ring (bicyclic) bond motifs is 2. The fraction of sp³-hybridized carbons (Fsp3) is 0.0455. The first-order chi connectivity index (χ1) is 11.3. The van der Waals surface area contributed by atoms with Gasteiger partial charge >= 0.3 is 0 Å². The minimum Gasteiger partial charge on any atom is -0.208 e. The molecule has 0 bridgehead atoms. The van der Waals surface area contributed by atoms with Gasteiger partial charge < -0.3 is 0 Å². The van der Waals surface area contributed by atoms with Crippen molar-refractivity contribution in [3.63, 3.8) is 0 Å². The lowest BCUT2D eigenvalue weighted by Crippen LogP contribution is -2.25. The number of nitrogens with zero attached hydrogens (tertiary/aromatic N) is 1. The van der Waals surface area contributed by atoms with Crippen molar-refractivity contribution in [3.8, 4) is 0 Å². The average molecular weight is 296 g/mol. The molecule has 0 N–H and O–H groups in total. The predicted octanol–water partition coefficient (Wildman–Crippen LogP) is 4.99. The van der Waals surface area contributed by atoms with Crippen LogP contribution in [0.2, 0.25) is 0 Å². The van der Waals surface area contributed by atoms with Gasteiger partial charge in [-0.2, -0.15) is 0 Å². The molecular formula is C22H18N+. The number of pyridine rings is 1. The fourth-order valence-electron chi connectivity index (χ4n) is 3.03. The van der Waals surface area contributed by atoms with Gasteiger partial charge in [-0.15, -0.1) is 0 Å². The van der Waals surface area contributed by atoms with E-state index in [2.05, 4.69) is 91.3 Å². The van der Waals surface area contributed by atoms with Crippen molar-refractivity contribution >= 4 is 33.7 Å². The van der Waals surface area contributed by atoms with Gasteiger partial charge in [0.05, 0.1) is 0 Å². The Bertz CT molecular complexity index is 957. The molecule has 0 spiro atoms. The highest BCUT2D eigenvalue weighted by atomic mass is 14.9. The van der Waals surface area contributed by atoms with Crippen LogP contribution in [0.4, 0.5) is 0 Å². The van der Waals surface area contributed by atoms with Crippen molar-refractivity contribution in [2.75, 3.05) is 0 Å². The third-order valence-electron chi connectivity index (χ3n) is 4.26. The number of aromatic nitrogens is 1. The number of hydrogen-bond donors (Lipinski definition) is 0. The summed E-state index contributed by atoms with van der Waals surface area (Å²) < 4.78 is 2.05. The normalized spacial score (nSPS) is 11.5. The smallest absolute Gasteiger partial charge is 0.169 e. The van der Waals surface area contributed by atoms with E-state index in [0.29, 0.717) is 0 Å². The Morgan fingerprint density at radius 1 is 0.696 bits per heavy atom. The molecule has 0 saturated heterocycles. The van der Waals surface area contributed by atoms with Crippen molar-refractivity contribution in [2.45, 2.75) is 0 Å². The Morgan fingerprint density at radius 2 is 1.26 bits per heavy atom. The molecule has 0 atom stereocenters. The van der Waals surface area contributed by atoms with E-state index in [1.165, 1.54) is 32.7 Å². The van der Waals surface area contributed by atoms with E-state index in [1.54, 1.807) is 0 Å². The SMILES string of the molecule is C[n+]1ccc(C=Cc2c3ccccc3cc3ccccc23)cc1. The van der Waals surface area contributed by atoms with E-state index in [0.717, 1.165) is 0 Å². The molecule has 0 aliphatic carbocycles. The van der Waals surface area contributed by atoms with Gasteiger partial charge in [0.25, 0.3) is 0 Å². The van der Waals surface area contributed by atoms with Gasteiger partial charge in [-0.3, -0.25) is 0 Å². The maximum Gasteiger partial charge on any atom is 0.169 e. The van der Waals surface area contributed by atoms with E-state index < -0.39 is 0 Å². The van der Waals surface area contributed by atoms with Crippen molar-refractivity contribution in [1.29, 1.82) is 0 Å². The summed E-state index contributed by atoms with van der Waals surface area (Å²) in [6, 6.07) is 23.7. The Morgan fingerprint density at radius 3 is 1.87 bits per heavy atom. The molecule has 0 fully saturated rings. The standard InChI is InChI=1S/C22H18N/c1-23-14-12-17(13-15-23)10-11-22-20-8-4-2-6-18(20)16-19-7-3-5-9-21(19)22/h2-16H,1H3/q+1. The second-order valence-corrected chi connectivity index (χ2v) is 5.86. The summed E-state index contributed by atoms with van der Waals surface area (Å²) in [6.07, 6.45) is 8.57. The summed E-state index contributed by atoms with van der Waals surface area (Å²) in [5.74, 6) is 0. The maximum atomic E-state index is 2.27. The van der Waals surface area contributed by atoms with Crippen LogP contribution < -0.4 is 4.57 Å². The fourth-order valence-corrected chi connectivity index (χ4v) is 3.03. The third kappa shape index (κ3) is 2.62. The lowest BCUT2D eigenvalue weighted by Gasteiger charge is -2.08. The second-order valence-electron chi connectivity index (χ2n) is 5.86. The highest BCUT2D eigenvalue weighted by molar-refractivity contribution is 6.07. The van der Waals surface area contributed by atoms with Gasteiger partial charge in [0.2, 0.25) is 0 Å². The molecular weight excluding hydrogens is 278 g/mol. The molecule has 0 unspecified atom stereocenters. The summed E-state index contributed by atoms with van der Waals surface area (Å²) >= 11 is 0. The van der Waals surface area contributed by atoms with Gasteiger partial charge in [0.1, 0.15) is 7.05 Å². The first-order valence-electron chi connectivity index (χ1n) is 7.85. The van der Waals surface area contributed by atoms with Crippen LogP contribution in [0.1, 0.15) is 11.1 Å². The van der Waals surface area contributed by atoms with E-state index in [9.17, 15) is 0 Å². The van der Waals surface area contributed by atoms with Gasteiger partial charge in [0.15, 0.2) is 12.4 Å². The van der Waals surface area contributed by atoms with E-state index in [1.807, 2.05) is 11.6 Å². The van der Waals surface area contributed by atoms with Crippen LogP contribution >= 0.6 is 0 Å². The first kappa shape index (κ1) is 13.7. The van der Waals surface area contributed by atoms with Crippen LogP contribution in [-0.2, 0) is 7.05 Å². The highest BCUT2D eigenvalue weighted by Gasteiger charge is 2.04. The molecule has 0 amide bonds. The van der Waals surface area contributed by atoms with Gasteiger partial charge in [-0.1, -0.05) is 60.7 Å². The van der Waals surface area contributed by atoms with Crippen LogP contribution in [0.15, 0.2) is 79.1 Å². The minimum absolute atomic E-state index is 1.21. The zero-order valence-corrected chi connectivity index (χ0v) is 13.1. The second kappa shape index (κ2) is 5.69. The summed E-state index contributed by atoms with van der Waals surface area (Å²) in [4.78, 5) is 0. The Hall–Kier alpha value is -2.93. The number of aryl methyl sites for hydroxylation is 1. The Labute approximate surface area is 136 Å².